The molecule has 0 fully saturated rings. The number of hydrogen-bond donors (Lipinski definition) is 0. The topological polar surface area (TPSA) is 63.7 Å². The van der Waals surface area contributed by atoms with Crippen molar-refractivity contribution in [2.24, 2.45) is 7.05 Å². The van der Waals surface area contributed by atoms with E-state index in [0.29, 0.717) is 13.2 Å². The summed E-state index contributed by atoms with van der Waals surface area (Å²) >= 11 is 0. The molecule has 0 spiro atoms. The number of hydrogen-bond acceptors (Lipinski definition) is 4. The monoisotopic (exact) mass is 290 g/mol. The second-order valence-electron chi connectivity index (χ2n) is 5.49. The van der Waals surface area contributed by atoms with Gasteiger partial charge in [0.05, 0.1) is 36.9 Å². The molecule has 22 heavy (non-hydrogen) atoms. The van der Waals surface area contributed by atoms with Gasteiger partial charge in [-0.25, -0.2) is 0 Å². The molecule has 0 bridgehead atoms. The van der Waals surface area contributed by atoms with Crippen molar-refractivity contribution >= 4 is 10.9 Å². The fourth-order valence-electron chi connectivity index (χ4n) is 3.00. The smallest absolute Gasteiger partial charge is 0.0964 e. The van der Waals surface area contributed by atoms with Crippen LogP contribution in [0.5, 0.6) is 0 Å². The molecule has 2 aromatic heterocycles. The summed E-state index contributed by atoms with van der Waals surface area (Å²) in [5.74, 6) is -0.239. The standard InChI is InChI=1S/C17H14N4O/c1-21-17-4-11(2-3-12(17)6-20-21)14-7-19-8-15-13(5-18)9-22-10-16(14)15/h2-4,6-8,13H,9-10H2,1H3. The van der Waals surface area contributed by atoms with Crippen molar-refractivity contribution in [1.82, 2.24) is 14.8 Å². The average Bonchev–Trinajstić information content (AvgIpc) is 2.94. The third-order valence-corrected chi connectivity index (χ3v) is 4.21. The molecule has 0 N–H and O–H groups in total. The highest BCUT2D eigenvalue weighted by molar-refractivity contribution is 5.85. The van der Waals surface area contributed by atoms with Crippen molar-refractivity contribution in [3.63, 3.8) is 0 Å². The molecule has 1 unspecified atom stereocenters. The number of ether oxygens (including phenoxy) is 1. The molecule has 108 valence electrons. The van der Waals surface area contributed by atoms with Gasteiger partial charge in [0.1, 0.15) is 0 Å². The number of aromatic nitrogens is 3. The van der Waals surface area contributed by atoms with Gasteiger partial charge in [0.25, 0.3) is 0 Å². The molecule has 0 radical (unpaired) electrons. The summed E-state index contributed by atoms with van der Waals surface area (Å²) in [6, 6.07) is 8.53. The SMILES string of the molecule is Cn1ncc2ccc(-c3cncc4c3COCC4C#N)cc21. The first-order valence-corrected chi connectivity index (χ1v) is 7.14. The summed E-state index contributed by atoms with van der Waals surface area (Å²) < 4.78 is 7.45. The molecule has 0 amide bonds. The summed E-state index contributed by atoms with van der Waals surface area (Å²) in [6.45, 7) is 0.962. The van der Waals surface area contributed by atoms with E-state index in [-0.39, 0.29) is 5.92 Å². The van der Waals surface area contributed by atoms with E-state index in [1.165, 1.54) is 0 Å². The molecule has 1 aliphatic heterocycles. The van der Waals surface area contributed by atoms with Crippen LogP contribution in [0.25, 0.3) is 22.0 Å². The zero-order valence-corrected chi connectivity index (χ0v) is 12.2. The van der Waals surface area contributed by atoms with E-state index < -0.39 is 0 Å². The quantitative estimate of drug-likeness (QED) is 0.691. The largest absolute Gasteiger partial charge is 0.375 e. The van der Waals surface area contributed by atoms with Crippen molar-refractivity contribution in [2.45, 2.75) is 12.5 Å². The van der Waals surface area contributed by atoms with Crippen LogP contribution >= 0.6 is 0 Å². The van der Waals surface area contributed by atoms with Gasteiger partial charge in [-0.3, -0.25) is 9.67 Å². The average molecular weight is 290 g/mol. The van der Waals surface area contributed by atoms with Crippen LogP contribution in [0.3, 0.4) is 0 Å². The normalized spacial score (nSPS) is 17.2. The Kier molecular flexibility index (Phi) is 2.91. The van der Waals surface area contributed by atoms with Crippen LogP contribution in [0.2, 0.25) is 0 Å². The highest BCUT2D eigenvalue weighted by atomic mass is 16.5. The number of benzene rings is 1. The molecular weight excluding hydrogens is 276 g/mol. The maximum absolute atomic E-state index is 9.28. The molecule has 3 heterocycles. The molecule has 1 atom stereocenters. The maximum Gasteiger partial charge on any atom is 0.0964 e. The highest BCUT2D eigenvalue weighted by Crippen LogP contribution is 2.34. The molecule has 5 heteroatoms. The molecule has 0 aliphatic carbocycles. The first kappa shape index (κ1) is 13.0. The second kappa shape index (κ2) is 4.93. The van der Waals surface area contributed by atoms with E-state index >= 15 is 0 Å². The van der Waals surface area contributed by atoms with E-state index in [1.54, 1.807) is 6.20 Å². The number of pyridine rings is 1. The van der Waals surface area contributed by atoms with Gasteiger partial charge in [-0.2, -0.15) is 10.4 Å². The number of fused-ring (bicyclic) bond motifs is 2. The lowest BCUT2D eigenvalue weighted by molar-refractivity contribution is 0.102. The molecule has 1 aliphatic rings. The zero-order valence-electron chi connectivity index (χ0n) is 12.2. The van der Waals surface area contributed by atoms with Crippen molar-refractivity contribution in [1.29, 1.82) is 5.26 Å². The zero-order chi connectivity index (χ0) is 15.1. The van der Waals surface area contributed by atoms with Gasteiger partial charge in [0.15, 0.2) is 0 Å². The van der Waals surface area contributed by atoms with Gasteiger partial charge in [0.2, 0.25) is 0 Å². The fourth-order valence-corrected chi connectivity index (χ4v) is 3.00. The van der Waals surface area contributed by atoms with Gasteiger partial charge < -0.3 is 4.74 Å². The Morgan fingerprint density at radius 2 is 2.23 bits per heavy atom. The van der Waals surface area contributed by atoms with Crippen LogP contribution in [-0.4, -0.2) is 21.4 Å². The number of nitriles is 1. The predicted octanol–water partition coefficient (Wildman–Crippen LogP) is 2.77. The molecular formula is C17H14N4O. The number of nitrogens with zero attached hydrogens (tertiary/aromatic N) is 4. The van der Waals surface area contributed by atoms with Gasteiger partial charge >= 0.3 is 0 Å². The van der Waals surface area contributed by atoms with Crippen LogP contribution in [0, 0.1) is 11.3 Å². The van der Waals surface area contributed by atoms with E-state index in [4.69, 9.17) is 4.74 Å². The van der Waals surface area contributed by atoms with Crippen molar-refractivity contribution < 1.29 is 4.74 Å². The molecule has 3 aromatic rings. The van der Waals surface area contributed by atoms with Gasteiger partial charge in [0, 0.05) is 30.4 Å². The van der Waals surface area contributed by atoms with Gasteiger partial charge in [-0.15, -0.1) is 0 Å². The first-order valence-electron chi connectivity index (χ1n) is 7.14. The third kappa shape index (κ3) is 1.89. The van der Waals surface area contributed by atoms with Crippen LogP contribution in [0.1, 0.15) is 17.0 Å². The van der Waals surface area contributed by atoms with Crippen molar-refractivity contribution in [3.05, 3.63) is 47.9 Å². The minimum absolute atomic E-state index is 0.239. The third-order valence-electron chi connectivity index (χ3n) is 4.21. The van der Waals surface area contributed by atoms with Crippen molar-refractivity contribution in [2.75, 3.05) is 6.61 Å². The maximum atomic E-state index is 9.28. The highest BCUT2D eigenvalue weighted by Gasteiger charge is 2.23. The Hall–Kier alpha value is -2.71. The van der Waals surface area contributed by atoms with Gasteiger partial charge in [-0.05, 0) is 22.8 Å². The van der Waals surface area contributed by atoms with Crippen LogP contribution < -0.4 is 0 Å². The van der Waals surface area contributed by atoms with Crippen molar-refractivity contribution in [3.8, 4) is 17.2 Å². The minimum atomic E-state index is -0.239. The summed E-state index contributed by atoms with van der Waals surface area (Å²) in [7, 11) is 1.93. The van der Waals surface area contributed by atoms with E-state index in [0.717, 1.165) is 33.2 Å². The molecule has 0 saturated carbocycles. The number of aryl methyl sites for hydroxylation is 1. The summed E-state index contributed by atoms with van der Waals surface area (Å²) in [5.41, 5.74) is 5.22. The van der Waals surface area contributed by atoms with Gasteiger partial charge in [-0.1, -0.05) is 12.1 Å². The Balaban J connectivity index is 1.91. The van der Waals surface area contributed by atoms with Crippen LogP contribution in [0.4, 0.5) is 0 Å². The molecule has 1 aromatic carbocycles. The lowest BCUT2D eigenvalue weighted by Crippen LogP contribution is -2.16. The lowest BCUT2D eigenvalue weighted by Gasteiger charge is -2.23. The fraction of sp³-hybridized carbons (Fsp3) is 0.235. The Morgan fingerprint density at radius 1 is 1.32 bits per heavy atom. The van der Waals surface area contributed by atoms with E-state index in [1.807, 2.05) is 24.1 Å². The lowest BCUT2D eigenvalue weighted by atomic mass is 9.90. The number of rotatable bonds is 1. The van der Waals surface area contributed by atoms with E-state index in [2.05, 4.69) is 34.4 Å². The predicted molar refractivity (Wildman–Crippen MR) is 82.0 cm³/mol. The second-order valence-corrected chi connectivity index (χ2v) is 5.49. The Morgan fingerprint density at radius 3 is 3.09 bits per heavy atom. The van der Waals surface area contributed by atoms with Crippen LogP contribution in [0.15, 0.2) is 36.8 Å². The Bertz CT molecular complexity index is 907. The van der Waals surface area contributed by atoms with Crippen LogP contribution in [-0.2, 0) is 18.4 Å². The minimum Gasteiger partial charge on any atom is -0.375 e. The summed E-state index contributed by atoms with van der Waals surface area (Å²) in [6.07, 6.45) is 5.49. The van der Waals surface area contributed by atoms with E-state index in [9.17, 15) is 5.26 Å². The Labute approximate surface area is 127 Å². The summed E-state index contributed by atoms with van der Waals surface area (Å²) in [4.78, 5) is 4.33. The molecule has 0 saturated heterocycles. The first-order chi connectivity index (χ1) is 10.8. The summed E-state index contributed by atoms with van der Waals surface area (Å²) in [5, 5.41) is 14.7. The molecule has 4 rings (SSSR count). The molecule has 5 nitrogen and oxygen atoms in total.